The van der Waals surface area contributed by atoms with Gasteiger partial charge < -0.3 is 16.0 Å². The normalized spacial score (nSPS) is 28.4. The third-order valence-corrected chi connectivity index (χ3v) is 5.52. The number of benzene rings is 1. The van der Waals surface area contributed by atoms with Gasteiger partial charge in [0.05, 0.1) is 6.54 Å². The Hall–Kier alpha value is -2.08. The monoisotopic (exact) mass is 342 g/mol. The molecule has 134 valence electrons. The SMILES string of the molecule is O=C(CN1C2CCC1CC(NC(=O)Nc1ccccc1)C2)NC1CC1. The van der Waals surface area contributed by atoms with E-state index in [1.54, 1.807) is 0 Å². The van der Waals surface area contributed by atoms with Crippen molar-refractivity contribution < 1.29 is 9.59 Å². The Balaban J connectivity index is 1.27. The van der Waals surface area contributed by atoms with Crippen molar-refractivity contribution in [1.29, 1.82) is 0 Å². The van der Waals surface area contributed by atoms with Crippen molar-refractivity contribution in [2.24, 2.45) is 0 Å². The molecule has 2 heterocycles. The Morgan fingerprint density at radius 1 is 0.920 bits per heavy atom. The first kappa shape index (κ1) is 16.4. The van der Waals surface area contributed by atoms with Crippen LogP contribution in [0.5, 0.6) is 0 Å². The van der Waals surface area contributed by atoms with E-state index >= 15 is 0 Å². The first-order valence-corrected chi connectivity index (χ1v) is 9.35. The van der Waals surface area contributed by atoms with Crippen molar-refractivity contribution in [2.45, 2.75) is 62.7 Å². The molecule has 2 saturated heterocycles. The minimum absolute atomic E-state index is 0.143. The van der Waals surface area contributed by atoms with E-state index in [0.717, 1.165) is 44.2 Å². The second-order valence-corrected chi connectivity index (χ2v) is 7.53. The summed E-state index contributed by atoms with van der Waals surface area (Å²) in [6.45, 7) is 0.509. The lowest BCUT2D eigenvalue weighted by atomic mass is 9.97. The van der Waals surface area contributed by atoms with Crippen LogP contribution in [-0.4, -0.2) is 47.6 Å². The highest BCUT2D eigenvalue weighted by Gasteiger charge is 2.42. The number of anilines is 1. The van der Waals surface area contributed by atoms with E-state index in [-0.39, 0.29) is 18.0 Å². The molecule has 2 aliphatic heterocycles. The molecule has 2 unspecified atom stereocenters. The second-order valence-electron chi connectivity index (χ2n) is 7.53. The molecule has 3 N–H and O–H groups in total. The molecule has 25 heavy (non-hydrogen) atoms. The van der Waals surface area contributed by atoms with Crippen molar-refractivity contribution in [2.75, 3.05) is 11.9 Å². The molecule has 0 radical (unpaired) electrons. The minimum atomic E-state index is -0.143. The van der Waals surface area contributed by atoms with E-state index in [2.05, 4.69) is 20.9 Å². The van der Waals surface area contributed by atoms with Crippen LogP contribution in [0.1, 0.15) is 38.5 Å². The minimum Gasteiger partial charge on any atom is -0.352 e. The highest BCUT2D eigenvalue weighted by atomic mass is 16.2. The number of carbonyl (C=O) groups excluding carboxylic acids is 2. The van der Waals surface area contributed by atoms with Crippen LogP contribution in [0.2, 0.25) is 0 Å². The number of urea groups is 1. The molecule has 0 spiro atoms. The summed E-state index contributed by atoms with van der Waals surface area (Å²) in [5.74, 6) is 0.160. The summed E-state index contributed by atoms with van der Waals surface area (Å²) in [4.78, 5) is 26.7. The second kappa shape index (κ2) is 7.04. The smallest absolute Gasteiger partial charge is 0.319 e. The first-order chi connectivity index (χ1) is 12.2. The lowest BCUT2D eigenvalue weighted by Gasteiger charge is -2.38. The molecule has 1 aliphatic carbocycles. The molecule has 1 aromatic rings. The van der Waals surface area contributed by atoms with E-state index in [1.807, 2.05) is 30.3 Å². The molecule has 6 nitrogen and oxygen atoms in total. The Morgan fingerprint density at radius 3 is 2.24 bits per heavy atom. The van der Waals surface area contributed by atoms with Gasteiger partial charge in [0.15, 0.2) is 0 Å². The lowest BCUT2D eigenvalue weighted by molar-refractivity contribution is -0.123. The van der Waals surface area contributed by atoms with Gasteiger partial charge >= 0.3 is 6.03 Å². The van der Waals surface area contributed by atoms with Crippen molar-refractivity contribution in [1.82, 2.24) is 15.5 Å². The van der Waals surface area contributed by atoms with Gasteiger partial charge in [0, 0.05) is 29.9 Å². The van der Waals surface area contributed by atoms with Gasteiger partial charge in [-0.3, -0.25) is 9.69 Å². The fourth-order valence-corrected chi connectivity index (χ4v) is 4.19. The van der Waals surface area contributed by atoms with Gasteiger partial charge in [-0.15, -0.1) is 0 Å². The van der Waals surface area contributed by atoms with Crippen LogP contribution in [0.4, 0.5) is 10.5 Å². The molecule has 3 amide bonds. The summed E-state index contributed by atoms with van der Waals surface area (Å²) in [6, 6.07) is 10.8. The van der Waals surface area contributed by atoms with Crippen molar-refractivity contribution >= 4 is 17.6 Å². The zero-order valence-electron chi connectivity index (χ0n) is 14.4. The van der Waals surface area contributed by atoms with Gasteiger partial charge in [-0.2, -0.15) is 0 Å². The van der Waals surface area contributed by atoms with Crippen LogP contribution >= 0.6 is 0 Å². The quantitative estimate of drug-likeness (QED) is 0.767. The van der Waals surface area contributed by atoms with Gasteiger partial charge in [-0.25, -0.2) is 4.79 Å². The Bertz CT molecular complexity index is 618. The Morgan fingerprint density at radius 2 is 1.60 bits per heavy atom. The summed E-state index contributed by atoms with van der Waals surface area (Å²) >= 11 is 0. The van der Waals surface area contributed by atoms with Crippen LogP contribution in [0.3, 0.4) is 0 Å². The number of rotatable bonds is 5. The van der Waals surface area contributed by atoms with E-state index in [1.165, 1.54) is 0 Å². The molecule has 2 atom stereocenters. The molecule has 4 rings (SSSR count). The molecule has 3 aliphatic rings. The molecule has 3 fully saturated rings. The molecule has 1 aromatic carbocycles. The number of nitrogens with one attached hydrogen (secondary N) is 3. The highest BCUT2D eigenvalue weighted by molar-refractivity contribution is 5.89. The van der Waals surface area contributed by atoms with Gasteiger partial charge in [0.1, 0.15) is 0 Å². The molecule has 2 bridgehead atoms. The molecule has 6 heteroatoms. The third-order valence-electron chi connectivity index (χ3n) is 5.52. The summed E-state index contributed by atoms with van der Waals surface area (Å²) in [5, 5.41) is 9.07. The van der Waals surface area contributed by atoms with E-state index in [9.17, 15) is 9.59 Å². The zero-order chi connectivity index (χ0) is 17.2. The van der Waals surface area contributed by atoms with Crippen molar-refractivity contribution in [3.05, 3.63) is 30.3 Å². The van der Waals surface area contributed by atoms with Gasteiger partial charge in [0.25, 0.3) is 0 Å². The van der Waals surface area contributed by atoms with Crippen LogP contribution in [0, 0.1) is 0 Å². The fourth-order valence-electron chi connectivity index (χ4n) is 4.19. The number of carbonyl (C=O) groups is 2. The number of para-hydroxylation sites is 1. The number of hydrogen-bond acceptors (Lipinski definition) is 3. The topological polar surface area (TPSA) is 73.5 Å². The lowest BCUT2D eigenvalue weighted by Crippen LogP contribution is -2.53. The maximum absolute atomic E-state index is 12.2. The van der Waals surface area contributed by atoms with Gasteiger partial charge in [-0.05, 0) is 50.7 Å². The molecular weight excluding hydrogens is 316 g/mol. The van der Waals surface area contributed by atoms with E-state index in [0.29, 0.717) is 24.7 Å². The average Bonchev–Trinajstić information content (AvgIpc) is 3.35. The summed E-state index contributed by atoms with van der Waals surface area (Å²) in [6.07, 6.45) is 6.35. The Kier molecular flexibility index (Phi) is 4.61. The summed E-state index contributed by atoms with van der Waals surface area (Å²) < 4.78 is 0. The number of nitrogens with zero attached hydrogens (tertiary/aromatic N) is 1. The predicted octanol–water partition coefficient (Wildman–Crippen LogP) is 2.08. The fraction of sp³-hybridized carbons (Fsp3) is 0.579. The third kappa shape index (κ3) is 4.12. The highest BCUT2D eigenvalue weighted by Crippen LogP contribution is 2.35. The maximum Gasteiger partial charge on any atom is 0.319 e. The van der Waals surface area contributed by atoms with Gasteiger partial charge in [-0.1, -0.05) is 18.2 Å². The van der Waals surface area contributed by atoms with Crippen LogP contribution in [0.15, 0.2) is 30.3 Å². The number of fused-ring (bicyclic) bond motifs is 2. The van der Waals surface area contributed by atoms with E-state index in [4.69, 9.17) is 0 Å². The van der Waals surface area contributed by atoms with Crippen LogP contribution < -0.4 is 16.0 Å². The van der Waals surface area contributed by atoms with Crippen molar-refractivity contribution in [3.63, 3.8) is 0 Å². The molecule has 0 aromatic heterocycles. The molecule has 1 saturated carbocycles. The number of amides is 3. The van der Waals surface area contributed by atoms with E-state index < -0.39 is 0 Å². The van der Waals surface area contributed by atoms with Gasteiger partial charge in [0.2, 0.25) is 5.91 Å². The first-order valence-electron chi connectivity index (χ1n) is 9.35. The zero-order valence-corrected chi connectivity index (χ0v) is 14.4. The maximum atomic E-state index is 12.2. The Labute approximate surface area is 148 Å². The number of hydrogen-bond donors (Lipinski definition) is 3. The summed E-state index contributed by atoms with van der Waals surface area (Å²) in [7, 11) is 0. The predicted molar refractivity (Wildman–Crippen MR) is 96.3 cm³/mol. The van der Waals surface area contributed by atoms with Crippen LogP contribution in [0.25, 0.3) is 0 Å². The average molecular weight is 342 g/mol. The standard InChI is InChI=1S/C19H26N4O2/c24-18(20-14-6-7-14)12-23-16-8-9-17(23)11-15(10-16)22-19(25)21-13-4-2-1-3-5-13/h1-5,14-17H,6-12H2,(H,20,24)(H2,21,22,25). The summed E-state index contributed by atoms with van der Waals surface area (Å²) in [5.41, 5.74) is 0.803. The van der Waals surface area contributed by atoms with Crippen molar-refractivity contribution in [3.8, 4) is 0 Å². The number of piperidine rings is 1. The largest absolute Gasteiger partial charge is 0.352 e. The van der Waals surface area contributed by atoms with Crippen LogP contribution in [-0.2, 0) is 4.79 Å². The molecular formula is C19H26N4O2.